The summed E-state index contributed by atoms with van der Waals surface area (Å²) in [5.41, 5.74) is 0. The zero-order chi connectivity index (χ0) is 39.1. The molecular formula is C42H71O10P. The van der Waals surface area contributed by atoms with Gasteiger partial charge in [0.25, 0.3) is 0 Å². The van der Waals surface area contributed by atoms with Crippen molar-refractivity contribution in [2.24, 2.45) is 0 Å². The van der Waals surface area contributed by atoms with E-state index in [2.05, 4.69) is 91.3 Å². The normalized spacial score (nSPS) is 14.7. The maximum Gasteiger partial charge on any atom is 0.472 e. The second kappa shape index (κ2) is 37.7. The van der Waals surface area contributed by atoms with Crippen LogP contribution in [-0.2, 0) is 32.7 Å². The molecule has 0 aromatic rings. The summed E-state index contributed by atoms with van der Waals surface area (Å²) >= 11 is 0. The molecule has 3 N–H and O–H groups in total. The molecule has 0 aliphatic heterocycles. The van der Waals surface area contributed by atoms with Gasteiger partial charge < -0.3 is 24.6 Å². The third-order valence-corrected chi connectivity index (χ3v) is 8.81. The lowest BCUT2D eigenvalue weighted by atomic mass is 10.1. The zero-order valence-corrected chi connectivity index (χ0v) is 33.6. The van der Waals surface area contributed by atoms with Crippen molar-refractivity contribution >= 4 is 19.8 Å². The van der Waals surface area contributed by atoms with Crippen LogP contribution in [0.25, 0.3) is 0 Å². The summed E-state index contributed by atoms with van der Waals surface area (Å²) < 4.78 is 32.6. The molecule has 0 aromatic heterocycles. The summed E-state index contributed by atoms with van der Waals surface area (Å²) in [6.07, 6.45) is 41.5. The predicted molar refractivity (Wildman–Crippen MR) is 214 cm³/mol. The standard InChI is InChI=1S/C42H71O10P/c1-3-5-7-9-11-13-15-17-19-21-23-25-27-29-31-33-41(45)49-37-40(38-51-53(47,48)50-36-39(44)35-43)52-42(46)34-32-30-28-26-24-22-20-18-16-14-12-10-8-6-4-2/h5-8,11-14,17-20,39-40,43-44H,3-4,9-10,15-16,21-38H2,1-2H3,(H,47,48)/b7-5-,8-6-,13-11-,14-12-,19-17-,20-18-/t39?,40-/m1/s1. The van der Waals surface area contributed by atoms with E-state index in [0.29, 0.717) is 12.8 Å². The van der Waals surface area contributed by atoms with Gasteiger partial charge in [0.15, 0.2) is 6.10 Å². The summed E-state index contributed by atoms with van der Waals surface area (Å²) in [5.74, 6) is -0.973. The van der Waals surface area contributed by atoms with Gasteiger partial charge in [-0.25, -0.2) is 4.57 Å². The zero-order valence-electron chi connectivity index (χ0n) is 32.7. The molecule has 53 heavy (non-hydrogen) atoms. The largest absolute Gasteiger partial charge is 0.472 e. The molecule has 10 nitrogen and oxygen atoms in total. The van der Waals surface area contributed by atoms with Crippen molar-refractivity contribution in [3.63, 3.8) is 0 Å². The summed E-state index contributed by atoms with van der Waals surface area (Å²) in [6, 6.07) is 0. The van der Waals surface area contributed by atoms with Crippen LogP contribution in [-0.4, -0.2) is 65.7 Å². The third-order valence-electron chi connectivity index (χ3n) is 7.86. The topological polar surface area (TPSA) is 149 Å². The first-order valence-corrected chi connectivity index (χ1v) is 21.4. The number of hydrogen-bond acceptors (Lipinski definition) is 9. The Kier molecular flexibility index (Phi) is 35.9. The van der Waals surface area contributed by atoms with Crippen molar-refractivity contribution in [2.45, 2.75) is 154 Å². The van der Waals surface area contributed by atoms with Crippen LogP contribution in [0.5, 0.6) is 0 Å². The Balaban J connectivity index is 4.42. The van der Waals surface area contributed by atoms with E-state index in [1.54, 1.807) is 0 Å². The number of phosphoric acid groups is 1. The number of carbonyl (C=O) groups is 2. The van der Waals surface area contributed by atoms with Gasteiger partial charge in [-0.05, 0) is 77.0 Å². The van der Waals surface area contributed by atoms with E-state index in [1.165, 1.54) is 0 Å². The molecule has 0 rings (SSSR count). The average molecular weight is 767 g/mol. The number of allylic oxidation sites excluding steroid dienone is 12. The van der Waals surface area contributed by atoms with Crippen molar-refractivity contribution in [1.29, 1.82) is 0 Å². The fourth-order valence-corrected chi connectivity index (χ4v) is 5.63. The van der Waals surface area contributed by atoms with Gasteiger partial charge >= 0.3 is 19.8 Å². The fourth-order valence-electron chi connectivity index (χ4n) is 4.84. The number of phosphoric ester groups is 1. The van der Waals surface area contributed by atoms with Crippen molar-refractivity contribution in [2.75, 3.05) is 26.4 Å². The Morgan fingerprint density at radius 3 is 1.47 bits per heavy atom. The maximum absolute atomic E-state index is 12.6. The number of hydrogen-bond donors (Lipinski definition) is 3. The molecule has 0 fully saturated rings. The highest BCUT2D eigenvalue weighted by molar-refractivity contribution is 7.47. The van der Waals surface area contributed by atoms with Crippen LogP contribution in [0.15, 0.2) is 72.9 Å². The number of rotatable bonds is 36. The molecule has 11 heteroatoms. The van der Waals surface area contributed by atoms with Gasteiger partial charge in [0, 0.05) is 12.8 Å². The van der Waals surface area contributed by atoms with Crippen molar-refractivity contribution < 1.29 is 47.8 Å². The van der Waals surface area contributed by atoms with Gasteiger partial charge in [0.2, 0.25) is 0 Å². The monoisotopic (exact) mass is 766 g/mol. The third kappa shape index (κ3) is 37.5. The Morgan fingerprint density at radius 1 is 0.566 bits per heavy atom. The number of aliphatic hydroxyl groups excluding tert-OH is 2. The molecule has 0 saturated carbocycles. The van der Waals surface area contributed by atoms with Gasteiger partial charge in [0.05, 0.1) is 19.8 Å². The van der Waals surface area contributed by atoms with E-state index < -0.39 is 51.8 Å². The molecule has 0 bridgehead atoms. The highest BCUT2D eigenvalue weighted by atomic mass is 31.2. The quantitative estimate of drug-likeness (QED) is 0.0243. The number of unbranched alkanes of at least 4 members (excludes halogenated alkanes) is 10. The van der Waals surface area contributed by atoms with Crippen LogP contribution in [0.2, 0.25) is 0 Å². The van der Waals surface area contributed by atoms with Gasteiger partial charge in [-0.15, -0.1) is 0 Å². The van der Waals surface area contributed by atoms with Gasteiger partial charge in [-0.3, -0.25) is 18.6 Å². The summed E-state index contributed by atoms with van der Waals surface area (Å²) in [4.78, 5) is 34.9. The second-order valence-corrected chi connectivity index (χ2v) is 14.3. The summed E-state index contributed by atoms with van der Waals surface area (Å²) in [5, 5.41) is 18.3. The van der Waals surface area contributed by atoms with E-state index in [9.17, 15) is 24.2 Å². The van der Waals surface area contributed by atoms with E-state index in [0.717, 1.165) is 103 Å². The molecule has 2 unspecified atom stereocenters. The van der Waals surface area contributed by atoms with Crippen LogP contribution in [0.4, 0.5) is 0 Å². The first-order valence-electron chi connectivity index (χ1n) is 19.9. The molecule has 0 aromatic carbocycles. The molecule has 0 aliphatic carbocycles. The van der Waals surface area contributed by atoms with Gasteiger partial charge in [-0.2, -0.15) is 0 Å². The first-order chi connectivity index (χ1) is 25.7. The lowest BCUT2D eigenvalue weighted by Crippen LogP contribution is -2.29. The fraction of sp³-hybridized carbons (Fsp3) is 0.667. The predicted octanol–water partition coefficient (Wildman–Crippen LogP) is 10.1. The Morgan fingerprint density at radius 2 is 0.981 bits per heavy atom. The molecule has 0 saturated heterocycles. The second-order valence-electron chi connectivity index (χ2n) is 12.9. The van der Waals surface area contributed by atoms with Crippen LogP contribution in [0.1, 0.15) is 142 Å². The SMILES string of the molecule is CC/C=C\C/C=C\C/C=C\CCCCCCCC(=O)OC[C@H](COP(=O)(O)OCC(O)CO)OC(=O)CCCCCCC/C=C\C/C=C\C/C=C\CC. The minimum Gasteiger partial charge on any atom is -0.462 e. The molecule has 0 heterocycles. The maximum atomic E-state index is 12.6. The highest BCUT2D eigenvalue weighted by Crippen LogP contribution is 2.43. The smallest absolute Gasteiger partial charge is 0.462 e. The van der Waals surface area contributed by atoms with Crippen LogP contribution >= 0.6 is 7.82 Å². The van der Waals surface area contributed by atoms with Crippen LogP contribution in [0.3, 0.4) is 0 Å². The van der Waals surface area contributed by atoms with Crippen molar-refractivity contribution in [3.05, 3.63) is 72.9 Å². The molecular weight excluding hydrogens is 695 g/mol. The number of esters is 2. The minimum absolute atomic E-state index is 0.157. The summed E-state index contributed by atoms with van der Waals surface area (Å²) in [6.45, 7) is 2.09. The van der Waals surface area contributed by atoms with E-state index in [-0.39, 0.29) is 19.4 Å². The highest BCUT2D eigenvalue weighted by Gasteiger charge is 2.27. The van der Waals surface area contributed by atoms with Gasteiger partial charge in [-0.1, -0.05) is 125 Å². The first kappa shape index (κ1) is 50.4. The Hall–Kier alpha value is -2.59. The molecule has 0 spiro atoms. The molecule has 0 radical (unpaired) electrons. The van der Waals surface area contributed by atoms with Crippen LogP contribution < -0.4 is 0 Å². The van der Waals surface area contributed by atoms with Crippen LogP contribution in [0, 0.1) is 0 Å². The Labute approximate surface area is 320 Å². The number of carbonyl (C=O) groups excluding carboxylic acids is 2. The molecule has 304 valence electrons. The number of ether oxygens (including phenoxy) is 2. The lowest BCUT2D eigenvalue weighted by Gasteiger charge is -2.20. The Bertz CT molecular complexity index is 1110. The molecule has 0 amide bonds. The molecule has 0 aliphatic rings. The lowest BCUT2D eigenvalue weighted by molar-refractivity contribution is -0.161. The van der Waals surface area contributed by atoms with Crippen molar-refractivity contribution in [1.82, 2.24) is 0 Å². The van der Waals surface area contributed by atoms with E-state index in [1.807, 2.05) is 0 Å². The van der Waals surface area contributed by atoms with Gasteiger partial charge in [0.1, 0.15) is 12.7 Å². The average Bonchev–Trinajstić information content (AvgIpc) is 3.14. The summed E-state index contributed by atoms with van der Waals surface area (Å²) in [7, 11) is -4.63. The number of aliphatic hydroxyl groups is 2. The molecule has 3 atom stereocenters. The minimum atomic E-state index is -4.63. The van der Waals surface area contributed by atoms with E-state index >= 15 is 0 Å². The van der Waals surface area contributed by atoms with Crippen molar-refractivity contribution in [3.8, 4) is 0 Å². The van der Waals surface area contributed by atoms with E-state index in [4.69, 9.17) is 19.1 Å².